The van der Waals surface area contributed by atoms with Gasteiger partial charge in [-0.1, -0.05) is 23.7 Å². The van der Waals surface area contributed by atoms with Crippen LogP contribution in [0.25, 0.3) is 0 Å². The van der Waals surface area contributed by atoms with Gasteiger partial charge in [0.2, 0.25) is 0 Å². The molecular weight excluding hydrogens is 346 g/mol. The standard InChI is InChI=1S/C10H13ClF6N2O3/c1-3-5-6(11)19-22-8(9(12,13)14,10(15,16)17)18-7(20)21-4-2/h3-5H2,1-2H3,(H,18,20)/b19-6-. The highest BCUT2D eigenvalue weighted by Crippen LogP contribution is 2.44. The van der Waals surface area contributed by atoms with Crippen LogP contribution in [0, 0.1) is 0 Å². The molecule has 22 heavy (non-hydrogen) atoms. The van der Waals surface area contributed by atoms with Crippen LogP contribution < -0.4 is 5.32 Å². The molecule has 0 bridgehead atoms. The molecule has 0 spiro atoms. The maximum absolute atomic E-state index is 12.9. The summed E-state index contributed by atoms with van der Waals surface area (Å²) in [4.78, 5) is 14.6. The van der Waals surface area contributed by atoms with Crippen molar-refractivity contribution in [2.24, 2.45) is 5.16 Å². The van der Waals surface area contributed by atoms with Crippen LogP contribution in [-0.2, 0) is 9.57 Å². The minimum Gasteiger partial charge on any atom is -0.450 e. The first-order valence-corrected chi connectivity index (χ1v) is 6.28. The Kier molecular flexibility index (Phi) is 7.26. The summed E-state index contributed by atoms with van der Waals surface area (Å²) in [5, 5.41) is 2.59. The number of hydrogen-bond acceptors (Lipinski definition) is 4. The molecule has 0 unspecified atom stereocenters. The first kappa shape index (κ1) is 20.6. The van der Waals surface area contributed by atoms with E-state index in [9.17, 15) is 31.1 Å². The number of nitrogens with one attached hydrogen (secondary N) is 1. The van der Waals surface area contributed by atoms with Crippen molar-refractivity contribution in [2.45, 2.75) is 44.8 Å². The average Bonchev–Trinajstić information content (AvgIpc) is 2.32. The van der Waals surface area contributed by atoms with Crippen molar-refractivity contribution in [3.63, 3.8) is 0 Å². The summed E-state index contributed by atoms with van der Waals surface area (Å²) >= 11 is 5.33. The monoisotopic (exact) mass is 358 g/mol. The lowest BCUT2D eigenvalue weighted by Crippen LogP contribution is -2.68. The number of carbonyl (C=O) groups is 1. The number of amides is 1. The molecule has 130 valence electrons. The molecule has 0 aromatic heterocycles. The lowest BCUT2D eigenvalue weighted by atomic mass is 10.2. The zero-order valence-corrected chi connectivity index (χ0v) is 12.2. The number of halogens is 7. The number of carbonyl (C=O) groups excluding carboxylic acids is 1. The third-order valence-electron chi connectivity index (χ3n) is 2.09. The first-order valence-electron chi connectivity index (χ1n) is 5.90. The third-order valence-corrected chi connectivity index (χ3v) is 2.35. The van der Waals surface area contributed by atoms with Gasteiger partial charge in [-0.15, -0.1) is 0 Å². The largest absolute Gasteiger partial charge is 0.461 e. The van der Waals surface area contributed by atoms with Crippen LogP contribution in [0.1, 0.15) is 26.7 Å². The van der Waals surface area contributed by atoms with Crippen molar-refractivity contribution >= 4 is 22.9 Å². The Morgan fingerprint density at radius 1 is 1.14 bits per heavy atom. The van der Waals surface area contributed by atoms with E-state index in [0.717, 1.165) is 0 Å². The van der Waals surface area contributed by atoms with Crippen LogP contribution in [0.5, 0.6) is 0 Å². The molecule has 0 heterocycles. The Morgan fingerprint density at radius 2 is 1.64 bits per heavy atom. The van der Waals surface area contributed by atoms with E-state index in [-0.39, 0.29) is 6.42 Å². The maximum atomic E-state index is 12.9. The van der Waals surface area contributed by atoms with Gasteiger partial charge in [-0.05, 0) is 13.3 Å². The molecule has 0 rings (SSSR count). The van der Waals surface area contributed by atoms with Gasteiger partial charge in [0.1, 0.15) is 5.17 Å². The van der Waals surface area contributed by atoms with Gasteiger partial charge in [0.05, 0.1) is 6.61 Å². The van der Waals surface area contributed by atoms with Crippen LogP contribution in [0.2, 0.25) is 0 Å². The molecule has 0 saturated carbocycles. The van der Waals surface area contributed by atoms with E-state index in [2.05, 4.69) is 14.7 Å². The van der Waals surface area contributed by atoms with E-state index < -0.39 is 35.9 Å². The molecule has 0 aliphatic rings. The van der Waals surface area contributed by atoms with Gasteiger partial charge in [-0.3, -0.25) is 5.32 Å². The lowest BCUT2D eigenvalue weighted by Gasteiger charge is -2.34. The van der Waals surface area contributed by atoms with E-state index in [1.807, 2.05) is 0 Å². The number of ether oxygens (including phenoxy) is 1. The van der Waals surface area contributed by atoms with Gasteiger partial charge < -0.3 is 9.57 Å². The van der Waals surface area contributed by atoms with E-state index in [1.54, 1.807) is 6.92 Å². The Hall–Kier alpha value is -1.39. The highest BCUT2D eigenvalue weighted by atomic mass is 35.5. The molecule has 0 aliphatic carbocycles. The molecule has 0 atom stereocenters. The summed E-state index contributed by atoms with van der Waals surface area (Å²) in [6.45, 7) is 2.31. The van der Waals surface area contributed by atoms with Gasteiger partial charge in [-0.25, -0.2) is 4.79 Å². The maximum Gasteiger partial charge on any atom is 0.461 e. The summed E-state index contributed by atoms with van der Waals surface area (Å²) in [5.41, 5.74) is -5.07. The molecule has 0 aromatic rings. The Labute approximate surface area is 126 Å². The Bertz CT molecular complexity index is 396. The zero-order chi connectivity index (χ0) is 17.6. The van der Waals surface area contributed by atoms with Crippen LogP contribution >= 0.6 is 11.6 Å². The van der Waals surface area contributed by atoms with Crippen LogP contribution in [-0.4, -0.2) is 35.9 Å². The molecule has 1 N–H and O–H groups in total. The fourth-order valence-electron chi connectivity index (χ4n) is 1.11. The fourth-order valence-corrected chi connectivity index (χ4v) is 1.33. The second kappa shape index (κ2) is 7.75. The number of nitrogens with zero attached hydrogens (tertiary/aromatic N) is 1. The van der Waals surface area contributed by atoms with Gasteiger partial charge in [0, 0.05) is 6.42 Å². The predicted octanol–water partition coefficient (Wildman–Crippen LogP) is 3.92. The van der Waals surface area contributed by atoms with Crippen molar-refractivity contribution in [2.75, 3.05) is 6.61 Å². The van der Waals surface area contributed by atoms with E-state index in [1.165, 1.54) is 6.92 Å². The second-order valence-electron chi connectivity index (χ2n) is 3.83. The molecule has 0 fully saturated rings. The molecule has 5 nitrogen and oxygen atoms in total. The number of alkyl halides is 6. The van der Waals surface area contributed by atoms with Gasteiger partial charge in [0.15, 0.2) is 0 Å². The normalized spacial score (nSPS) is 13.8. The molecule has 0 saturated heterocycles. The van der Waals surface area contributed by atoms with Crippen molar-refractivity contribution in [3.05, 3.63) is 0 Å². The minimum atomic E-state index is -6.06. The topological polar surface area (TPSA) is 59.9 Å². The summed E-state index contributed by atoms with van der Waals surface area (Å²) in [7, 11) is 0. The molecule has 0 radical (unpaired) electrons. The number of oxime groups is 1. The van der Waals surface area contributed by atoms with E-state index in [0.29, 0.717) is 11.7 Å². The SMILES string of the molecule is CCC/C(Cl)=N/OC(NC(=O)OCC)(C(F)(F)F)C(F)(F)F. The smallest absolute Gasteiger partial charge is 0.450 e. The first-order chi connectivity index (χ1) is 9.91. The number of rotatable bonds is 6. The minimum absolute atomic E-state index is 0.104. The number of alkyl carbamates (subject to hydrolysis) is 1. The summed E-state index contributed by atoms with van der Waals surface area (Å²) < 4.78 is 81.3. The van der Waals surface area contributed by atoms with Gasteiger partial charge >= 0.3 is 24.2 Å². The van der Waals surface area contributed by atoms with Gasteiger partial charge in [-0.2, -0.15) is 26.3 Å². The third kappa shape index (κ3) is 5.11. The van der Waals surface area contributed by atoms with Crippen molar-refractivity contribution in [1.29, 1.82) is 0 Å². The zero-order valence-electron chi connectivity index (χ0n) is 11.4. The summed E-state index contributed by atoms with van der Waals surface area (Å²) in [5.74, 6) is 0. The fraction of sp³-hybridized carbons (Fsp3) is 0.800. The molecule has 12 heteroatoms. The summed E-state index contributed by atoms with van der Waals surface area (Å²) in [6.07, 6.45) is -13.9. The number of hydrogen-bond donors (Lipinski definition) is 1. The second-order valence-corrected chi connectivity index (χ2v) is 4.27. The van der Waals surface area contributed by atoms with Crippen molar-refractivity contribution in [1.82, 2.24) is 5.32 Å². The van der Waals surface area contributed by atoms with Crippen LogP contribution in [0.3, 0.4) is 0 Å². The summed E-state index contributed by atoms with van der Waals surface area (Å²) in [6, 6.07) is 0. The van der Waals surface area contributed by atoms with E-state index >= 15 is 0 Å². The lowest BCUT2D eigenvalue weighted by molar-refractivity contribution is -0.389. The van der Waals surface area contributed by atoms with Crippen molar-refractivity contribution in [3.8, 4) is 0 Å². The Morgan fingerprint density at radius 3 is 2.00 bits per heavy atom. The molecular formula is C10H13ClF6N2O3. The van der Waals surface area contributed by atoms with Gasteiger partial charge in [0.25, 0.3) is 0 Å². The Balaban J connectivity index is 5.70. The molecule has 0 aliphatic heterocycles. The highest BCUT2D eigenvalue weighted by molar-refractivity contribution is 6.65. The van der Waals surface area contributed by atoms with Crippen LogP contribution in [0.15, 0.2) is 5.16 Å². The van der Waals surface area contributed by atoms with Crippen LogP contribution in [0.4, 0.5) is 31.1 Å². The van der Waals surface area contributed by atoms with E-state index in [4.69, 9.17) is 11.6 Å². The average molecular weight is 359 g/mol. The quantitative estimate of drug-likeness (QED) is 0.339. The van der Waals surface area contributed by atoms with Crippen molar-refractivity contribution < 1.29 is 40.7 Å². The predicted molar refractivity (Wildman–Crippen MR) is 64.3 cm³/mol. The molecule has 0 aromatic carbocycles. The highest BCUT2D eigenvalue weighted by Gasteiger charge is 2.76. The molecule has 1 amide bonds.